The number of nitriles is 1. The van der Waals surface area contributed by atoms with Crippen LogP contribution in [0.4, 0.5) is 6.01 Å². The Morgan fingerprint density at radius 2 is 2.05 bits per heavy atom. The van der Waals surface area contributed by atoms with Crippen LogP contribution < -0.4 is 15.8 Å². The molecule has 10 nitrogen and oxygen atoms in total. The number of nitrogens with one attached hydrogen (secondary N) is 2. The van der Waals surface area contributed by atoms with Crippen molar-refractivity contribution in [3.05, 3.63) is 63.5 Å². The Balaban J connectivity index is 1.50. The number of allylic oxidation sites excluding steroid dienone is 1. The van der Waals surface area contributed by atoms with Gasteiger partial charge in [0.15, 0.2) is 0 Å². The zero-order chi connectivity index (χ0) is 26.3. The van der Waals surface area contributed by atoms with Gasteiger partial charge in [0.1, 0.15) is 11.6 Å². The highest BCUT2D eigenvalue weighted by molar-refractivity contribution is 5.63. The molecule has 0 amide bonds. The Morgan fingerprint density at radius 1 is 1.27 bits per heavy atom. The maximum absolute atomic E-state index is 10.2. The molecule has 1 aromatic carbocycles. The molecule has 1 atom stereocenters. The van der Waals surface area contributed by atoms with Crippen LogP contribution in [0.15, 0.2) is 34.1 Å². The van der Waals surface area contributed by atoms with Gasteiger partial charge in [0.05, 0.1) is 17.6 Å². The molecule has 2 aromatic heterocycles. The first-order valence-electron chi connectivity index (χ1n) is 12.2. The van der Waals surface area contributed by atoms with Gasteiger partial charge >= 0.3 is 6.01 Å². The number of rotatable bonds is 5. The minimum atomic E-state index is -0.918. The van der Waals surface area contributed by atoms with Crippen LogP contribution in [0.2, 0.25) is 0 Å². The molecule has 0 bridgehead atoms. The molecule has 3 heterocycles. The third-order valence-electron chi connectivity index (χ3n) is 7.18. The van der Waals surface area contributed by atoms with Crippen LogP contribution in [-0.2, 0) is 12.0 Å². The second-order valence-corrected chi connectivity index (χ2v) is 9.93. The predicted molar refractivity (Wildman–Crippen MR) is 135 cm³/mol. The zero-order valence-electron chi connectivity index (χ0n) is 21.2. The van der Waals surface area contributed by atoms with Gasteiger partial charge in [0.25, 0.3) is 0 Å². The Hall–Kier alpha value is -4.28. The van der Waals surface area contributed by atoms with Gasteiger partial charge in [0, 0.05) is 30.1 Å². The van der Waals surface area contributed by atoms with Gasteiger partial charge in [-0.1, -0.05) is 36.9 Å². The second-order valence-electron chi connectivity index (χ2n) is 9.93. The van der Waals surface area contributed by atoms with Crippen molar-refractivity contribution in [3.8, 4) is 23.8 Å². The van der Waals surface area contributed by atoms with E-state index in [2.05, 4.69) is 43.6 Å². The van der Waals surface area contributed by atoms with E-state index in [1.165, 1.54) is 0 Å². The Labute approximate surface area is 214 Å². The van der Waals surface area contributed by atoms with Crippen molar-refractivity contribution >= 4 is 6.01 Å². The van der Waals surface area contributed by atoms with Gasteiger partial charge in [-0.15, -0.1) is 10.2 Å². The SMILES string of the molecule is Cc1nnc(NC2CC(C#Cc3cc(CO)cc(C4(C(C)C)C(C#N)=C(N)Oc5n[nH]c(C)c54)c3)C2)o1. The van der Waals surface area contributed by atoms with Crippen molar-refractivity contribution in [2.24, 2.45) is 17.6 Å². The van der Waals surface area contributed by atoms with Crippen LogP contribution in [0.5, 0.6) is 5.88 Å². The molecule has 1 aliphatic heterocycles. The number of hydrogen-bond acceptors (Lipinski definition) is 9. The van der Waals surface area contributed by atoms with E-state index in [1.807, 2.05) is 39.0 Å². The molecule has 0 spiro atoms. The Kier molecular flexibility index (Phi) is 6.14. The quantitative estimate of drug-likeness (QED) is 0.387. The third kappa shape index (κ3) is 4.09. The lowest BCUT2D eigenvalue weighted by Gasteiger charge is -2.41. The number of aliphatic hydroxyl groups excluding tert-OH is 1. The lowest BCUT2D eigenvalue weighted by Crippen LogP contribution is -2.41. The predicted octanol–water partition coefficient (Wildman–Crippen LogP) is 3.17. The third-order valence-corrected chi connectivity index (χ3v) is 7.18. The number of aromatic nitrogens is 4. The van der Waals surface area contributed by atoms with E-state index in [1.54, 1.807) is 6.92 Å². The molecule has 1 unspecified atom stereocenters. The van der Waals surface area contributed by atoms with Crippen LogP contribution >= 0.6 is 0 Å². The van der Waals surface area contributed by atoms with Crippen molar-refractivity contribution in [1.82, 2.24) is 20.4 Å². The molecule has 0 saturated heterocycles. The fourth-order valence-electron chi connectivity index (χ4n) is 5.41. The number of H-pyrrole nitrogens is 1. The average molecular weight is 500 g/mol. The first kappa shape index (κ1) is 24.4. The number of ether oxygens (including phenoxy) is 1. The fraction of sp³-hybridized carbons (Fsp3) is 0.407. The van der Waals surface area contributed by atoms with Crippen LogP contribution in [0.1, 0.15) is 60.5 Å². The Bertz CT molecular complexity index is 1480. The summed E-state index contributed by atoms with van der Waals surface area (Å²) in [5, 5.41) is 38.6. The van der Waals surface area contributed by atoms with Crippen molar-refractivity contribution in [3.63, 3.8) is 0 Å². The summed E-state index contributed by atoms with van der Waals surface area (Å²) < 4.78 is 11.1. The summed E-state index contributed by atoms with van der Waals surface area (Å²) in [6.45, 7) is 7.57. The molecule has 0 radical (unpaired) electrons. The van der Waals surface area contributed by atoms with E-state index in [-0.39, 0.29) is 30.4 Å². The molecule has 5 N–H and O–H groups in total. The average Bonchev–Trinajstić information content (AvgIpc) is 3.43. The molecule has 1 fully saturated rings. The van der Waals surface area contributed by atoms with Crippen LogP contribution in [0.3, 0.4) is 0 Å². The molecule has 3 aromatic rings. The molecular formula is C27H29N7O3. The van der Waals surface area contributed by atoms with Gasteiger partial charge in [-0.3, -0.25) is 5.10 Å². The van der Waals surface area contributed by atoms with Gasteiger partial charge in [-0.2, -0.15) is 5.26 Å². The molecule has 190 valence electrons. The number of anilines is 1. The van der Waals surface area contributed by atoms with E-state index < -0.39 is 5.41 Å². The number of aromatic amines is 1. The number of aryl methyl sites for hydroxylation is 2. The topological polar surface area (TPSA) is 159 Å². The minimum Gasteiger partial charge on any atom is -0.420 e. The van der Waals surface area contributed by atoms with E-state index in [9.17, 15) is 10.4 Å². The number of hydrogen-bond donors (Lipinski definition) is 4. The summed E-state index contributed by atoms with van der Waals surface area (Å²) in [5.74, 6) is 7.70. The minimum absolute atomic E-state index is 0.0293. The lowest BCUT2D eigenvalue weighted by atomic mass is 9.61. The second kappa shape index (κ2) is 9.30. The van der Waals surface area contributed by atoms with Gasteiger partial charge in [-0.25, -0.2) is 0 Å². The summed E-state index contributed by atoms with van der Waals surface area (Å²) in [6.07, 6.45) is 1.73. The zero-order valence-corrected chi connectivity index (χ0v) is 21.2. The molecule has 2 aliphatic rings. The number of nitrogens with two attached hydrogens (primary N) is 1. The van der Waals surface area contributed by atoms with Crippen molar-refractivity contribution in [2.75, 3.05) is 5.32 Å². The number of benzene rings is 1. The van der Waals surface area contributed by atoms with Crippen molar-refractivity contribution < 1.29 is 14.3 Å². The highest BCUT2D eigenvalue weighted by Gasteiger charge is 2.50. The van der Waals surface area contributed by atoms with Crippen molar-refractivity contribution in [2.45, 2.75) is 58.6 Å². The van der Waals surface area contributed by atoms with E-state index in [0.717, 1.165) is 35.2 Å². The molecule has 1 aliphatic carbocycles. The summed E-state index contributed by atoms with van der Waals surface area (Å²) in [4.78, 5) is 0. The van der Waals surface area contributed by atoms with Gasteiger partial charge < -0.3 is 25.3 Å². The highest BCUT2D eigenvalue weighted by Crippen LogP contribution is 2.52. The van der Waals surface area contributed by atoms with Crippen LogP contribution in [0.25, 0.3) is 0 Å². The molecule has 5 rings (SSSR count). The van der Waals surface area contributed by atoms with Gasteiger partial charge in [-0.05, 0) is 48.9 Å². The number of fused-ring (bicyclic) bond motifs is 1. The van der Waals surface area contributed by atoms with Crippen LogP contribution in [-0.4, -0.2) is 31.5 Å². The standard InChI is InChI=1S/C27H29N7O3/c1-14(2)27(22(12-28)24(29)37-25-23(27)15(3)31-33-25)20-8-17(7-19(9-20)13-35)5-6-18-10-21(11-18)30-26-34-32-16(4)36-26/h7-9,14,18,21,35H,10-11,13,29H2,1-4H3,(H,30,34)(H,31,33). The smallest absolute Gasteiger partial charge is 0.315 e. The molecule has 10 heteroatoms. The van der Waals surface area contributed by atoms with Crippen LogP contribution in [0, 0.1) is 48.9 Å². The first-order chi connectivity index (χ1) is 17.8. The number of aliphatic hydroxyl groups is 1. The maximum atomic E-state index is 10.2. The van der Waals surface area contributed by atoms with E-state index >= 15 is 0 Å². The number of nitrogens with zero attached hydrogens (tertiary/aromatic N) is 4. The monoisotopic (exact) mass is 499 g/mol. The summed E-state index contributed by atoms with van der Waals surface area (Å²) >= 11 is 0. The molecular weight excluding hydrogens is 470 g/mol. The molecule has 1 saturated carbocycles. The summed E-state index contributed by atoms with van der Waals surface area (Å²) in [7, 11) is 0. The normalized spacial score (nSPS) is 22.4. The summed E-state index contributed by atoms with van der Waals surface area (Å²) in [5.41, 5.74) is 9.48. The Morgan fingerprint density at radius 3 is 2.70 bits per heavy atom. The van der Waals surface area contributed by atoms with E-state index in [4.69, 9.17) is 14.9 Å². The van der Waals surface area contributed by atoms with Crippen molar-refractivity contribution in [1.29, 1.82) is 5.26 Å². The largest absolute Gasteiger partial charge is 0.420 e. The lowest BCUT2D eigenvalue weighted by molar-refractivity contribution is 0.281. The first-order valence-corrected chi connectivity index (χ1v) is 12.2. The summed E-state index contributed by atoms with van der Waals surface area (Å²) in [6, 6.07) is 8.73. The highest BCUT2D eigenvalue weighted by atomic mass is 16.5. The molecule has 37 heavy (non-hydrogen) atoms. The van der Waals surface area contributed by atoms with Gasteiger partial charge in [0.2, 0.25) is 17.7 Å². The maximum Gasteiger partial charge on any atom is 0.315 e. The fourth-order valence-corrected chi connectivity index (χ4v) is 5.41. The van der Waals surface area contributed by atoms with E-state index in [0.29, 0.717) is 28.9 Å².